The molecular weight excluding hydrogens is 305 g/mol. The third-order valence-electron chi connectivity index (χ3n) is 2.29. The van der Waals surface area contributed by atoms with Gasteiger partial charge in [0.1, 0.15) is 0 Å². The number of hydrogen-bond donors (Lipinski definition) is 2. The highest BCUT2D eigenvalue weighted by Crippen LogP contribution is 2.29. The average molecular weight is 323 g/mol. The fourth-order valence-electron chi connectivity index (χ4n) is 1.32. The SMILES string of the molecule is CCOCC(O)CNc1cc(Cl)c(C)cc1Br. The number of aliphatic hydroxyl groups excluding tert-OH is 1. The molecule has 3 nitrogen and oxygen atoms in total. The van der Waals surface area contributed by atoms with Crippen LogP contribution in [-0.2, 0) is 4.74 Å². The van der Waals surface area contributed by atoms with E-state index in [0.717, 1.165) is 15.7 Å². The van der Waals surface area contributed by atoms with Crippen molar-refractivity contribution in [1.82, 2.24) is 0 Å². The smallest absolute Gasteiger partial charge is 0.0945 e. The van der Waals surface area contributed by atoms with Crippen molar-refractivity contribution in [1.29, 1.82) is 0 Å². The Balaban J connectivity index is 2.54. The van der Waals surface area contributed by atoms with Crippen molar-refractivity contribution in [2.45, 2.75) is 20.0 Å². The summed E-state index contributed by atoms with van der Waals surface area (Å²) in [5.74, 6) is 0. The second-order valence-electron chi connectivity index (χ2n) is 3.78. The van der Waals surface area contributed by atoms with Gasteiger partial charge in [0, 0.05) is 22.6 Å². The lowest BCUT2D eigenvalue weighted by Gasteiger charge is -2.14. The Bertz CT molecular complexity index is 374. The number of aliphatic hydroxyl groups is 1. The van der Waals surface area contributed by atoms with Crippen molar-refractivity contribution in [3.05, 3.63) is 27.2 Å². The average Bonchev–Trinajstić information content (AvgIpc) is 2.29. The van der Waals surface area contributed by atoms with Crippen molar-refractivity contribution in [3.63, 3.8) is 0 Å². The van der Waals surface area contributed by atoms with Gasteiger partial charge in [-0.1, -0.05) is 11.6 Å². The number of aryl methyl sites for hydroxylation is 1. The number of halogens is 2. The van der Waals surface area contributed by atoms with Crippen LogP contribution in [0.3, 0.4) is 0 Å². The van der Waals surface area contributed by atoms with Crippen LogP contribution in [0.25, 0.3) is 0 Å². The van der Waals surface area contributed by atoms with Crippen LogP contribution < -0.4 is 5.32 Å². The molecule has 0 amide bonds. The monoisotopic (exact) mass is 321 g/mol. The van der Waals surface area contributed by atoms with Crippen LogP contribution >= 0.6 is 27.5 Å². The van der Waals surface area contributed by atoms with E-state index in [2.05, 4.69) is 21.2 Å². The van der Waals surface area contributed by atoms with Crippen LogP contribution in [0.4, 0.5) is 5.69 Å². The zero-order valence-electron chi connectivity index (χ0n) is 9.96. The van der Waals surface area contributed by atoms with Crippen molar-refractivity contribution in [2.75, 3.05) is 25.1 Å². The Morgan fingerprint density at radius 3 is 2.88 bits per heavy atom. The molecule has 1 aromatic rings. The summed E-state index contributed by atoms with van der Waals surface area (Å²) in [5.41, 5.74) is 1.88. The predicted octanol–water partition coefficient (Wildman–Crippen LogP) is 3.22. The Kier molecular flexibility index (Phi) is 6.27. The molecular formula is C12H17BrClNO2. The molecule has 0 spiro atoms. The van der Waals surface area contributed by atoms with E-state index < -0.39 is 6.10 Å². The van der Waals surface area contributed by atoms with Gasteiger partial charge in [-0.15, -0.1) is 0 Å². The highest BCUT2D eigenvalue weighted by molar-refractivity contribution is 9.10. The normalized spacial score (nSPS) is 12.5. The number of ether oxygens (including phenoxy) is 1. The van der Waals surface area contributed by atoms with E-state index in [1.54, 1.807) is 0 Å². The maximum absolute atomic E-state index is 9.62. The molecule has 0 heterocycles. The number of rotatable bonds is 6. The Hall–Kier alpha value is -0.290. The van der Waals surface area contributed by atoms with E-state index in [1.165, 1.54) is 0 Å². The molecule has 17 heavy (non-hydrogen) atoms. The van der Waals surface area contributed by atoms with Crippen LogP contribution in [0.15, 0.2) is 16.6 Å². The van der Waals surface area contributed by atoms with Crippen molar-refractivity contribution >= 4 is 33.2 Å². The predicted molar refractivity (Wildman–Crippen MR) is 74.9 cm³/mol. The second-order valence-corrected chi connectivity index (χ2v) is 5.04. The first-order chi connectivity index (χ1) is 8.04. The van der Waals surface area contributed by atoms with Gasteiger partial charge in [-0.05, 0) is 47.5 Å². The summed E-state index contributed by atoms with van der Waals surface area (Å²) in [7, 11) is 0. The lowest BCUT2D eigenvalue weighted by atomic mass is 10.2. The maximum Gasteiger partial charge on any atom is 0.0945 e. The minimum atomic E-state index is -0.526. The fourth-order valence-corrected chi connectivity index (χ4v) is 2.08. The van der Waals surface area contributed by atoms with E-state index in [9.17, 15) is 5.11 Å². The molecule has 0 saturated heterocycles. The summed E-state index contributed by atoms with van der Waals surface area (Å²) in [6.45, 7) is 5.22. The molecule has 1 atom stereocenters. The first-order valence-corrected chi connectivity index (χ1v) is 6.67. The summed E-state index contributed by atoms with van der Waals surface area (Å²) in [6, 6.07) is 3.79. The van der Waals surface area contributed by atoms with Gasteiger partial charge >= 0.3 is 0 Å². The van der Waals surface area contributed by atoms with Gasteiger partial charge in [-0.2, -0.15) is 0 Å². The highest BCUT2D eigenvalue weighted by Gasteiger charge is 2.07. The third-order valence-corrected chi connectivity index (χ3v) is 3.35. The van der Waals surface area contributed by atoms with Crippen molar-refractivity contribution in [2.24, 2.45) is 0 Å². The molecule has 0 fully saturated rings. The molecule has 1 aromatic carbocycles. The van der Waals surface area contributed by atoms with Gasteiger partial charge in [0.2, 0.25) is 0 Å². The minimum absolute atomic E-state index is 0.334. The van der Waals surface area contributed by atoms with E-state index in [-0.39, 0.29) is 0 Å². The molecule has 0 aromatic heterocycles. The zero-order chi connectivity index (χ0) is 12.8. The number of anilines is 1. The van der Waals surface area contributed by atoms with Gasteiger partial charge in [-0.3, -0.25) is 0 Å². The molecule has 0 saturated carbocycles. The van der Waals surface area contributed by atoms with Crippen LogP contribution in [0.1, 0.15) is 12.5 Å². The number of benzene rings is 1. The first-order valence-electron chi connectivity index (χ1n) is 5.50. The molecule has 96 valence electrons. The largest absolute Gasteiger partial charge is 0.389 e. The Labute approximate surface area is 115 Å². The maximum atomic E-state index is 9.62. The molecule has 5 heteroatoms. The quantitative estimate of drug-likeness (QED) is 0.845. The summed E-state index contributed by atoms with van der Waals surface area (Å²) in [4.78, 5) is 0. The molecule has 1 unspecified atom stereocenters. The van der Waals surface area contributed by atoms with Gasteiger partial charge in [0.15, 0.2) is 0 Å². The van der Waals surface area contributed by atoms with Gasteiger partial charge in [-0.25, -0.2) is 0 Å². The van der Waals surface area contributed by atoms with Crippen LogP contribution in [0, 0.1) is 6.92 Å². The molecule has 2 N–H and O–H groups in total. The molecule has 1 rings (SSSR count). The third kappa shape index (κ3) is 4.84. The first kappa shape index (κ1) is 14.8. The molecule has 0 aliphatic carbocycles. The minimum Gasteiger partial charge on any atom is -0.389 e. The highest BCUT2D eigenvalue weighted by atomic mass is 79.9. The van der Waals surface area contributed by atoms with Crippen LogP contribution in [-0.4, -0.2) is 31.0 Å². The molecule has 0 bridgehead atoms. The Morgan fingerprint density at radius 2 is 2.24 bits per heavy atom. The summed E-state index contributed by atoms with van der Waals surface area (Å²) in [5, 5.41) is 13.5. The second kappa shape index (κ2) is 7.21. The molecule has 0 radical (unpaired) electrons. The van der Waals surface area contributed by atoms with E-state index in [1.807, 2.05) is 26.0 Å². The lowest BCUT2D eigenvalue weighted by molar-refractivity contribution is 0.0496. The summed E-state index contributed by atoms with van der Waals surface area (Å²) >= 11 is 9.49. The molecule has 0 aliphatic heterocycles. The van der Waals surface area contributed by atoms with Gasteiger partial charge in [0.25, 0.3) is 0 Å². The summed E-state index contributed by atoms with van der Waals surface area (Å²) in [6.07, 6.45) is -0.526. The van der Waals surface area contributed by atoms with Gasteiger partial charge in [0.05, 0.1) is 18.4 Å². The van der Waals surface area contributed by atoms with E-state index in [4.69, 9.17) is 16.3 Å². The zero-order valence-corrected chi connectivity index (χ0v) is 12.3. The topological polar surface area (TPSA) is 41.5 Å². The fraction of sp³-hybridized carbons (Fsp3) is 0.500. The number of hydrogen-bond acceptors (Lipinski definition) is 3. The lowest BCUT2D eigenvalue weighted by Crippen LogP contribution is -2.24. The summed E-state index contributed by atoms with van der Waals surface area (Å²) < 4.78 is 6.06. The standard InChI is InChI=1S/C12H17BrClNO2/c1-3-17-7-9(16)6-15-12-5-11(14)8(2)4-10(12)13/h4-5,9,15-16H,3,6-7H2,1-2H3. The van der Waals surface area contributed by atoms with Crippen molar-refractivity contribution < 1.29 is 9.84 Å². The van der Waals surface area contributed by atoms with Crippen molar-refractivity contribution in [3.8, 4) is 0 Å². The number of nitrogens with one attached hydrogen (secondary N) is 1. The van der Waals surface area contributed by atoms with Crippen LogP contribution in [0.2, 0.25) is 5.02 Å². The molecule has 0 aliphatic rings. The Morgan fingerprint density at radius 1 is 1.53 bits per heavy atom. The van der Waals surface area contributed by atoms with E-state index in [0.29, 0.717) is 24.8 Å². The van der Waals surface area contributed by atoms with Crippen LogP contribution in [0.5, 0.6) is 0 Å². The van der Waals surface area contributed by atoms with E-state index >= 15 is 0 Å². The van der Waals surface area contributed by atoms with Gasteiger partial charge < -0.3 is 15.2 Å².